The number of rotatable bonds is 1. The molecule has 0 aliphatic heterocycles. The summed E-state index contributed by atoms with van der Waals surface area (Å²) in [6.07, 6.45) is 1.08. The molecule has 0 saturated carbocycles. The minimum Gasteiger partial charge on any atom is -0.478 e. The number of aliphatic hydroxyl groups is 1. The van der Waals surface area contributed by atoms with E-state index in [2.05, 4.69) is 0 Å². The van der Waals surface area contributed by atoms with Crippen molar-refractivity contribution in [2.75, 3.05) is 0 Å². The van der Waals surface area contributed by atoms with Gasteiger partial charge in [-0.05, 0) is 30.5 Å². The lowest BCUT2D eigenvalue weighted by atomic mass is 10.0. The molecule has 1 atom stereocenters. The topological polar surface area (TPSA) is 83.5 Å². The van der Waals surface area contributed by atoms with Crippen molar-refractivity contribution in [3.05, 3.63) is 34.9 Å². The molecule has 4 nitrogen and oxygen atoms in total. The predicted molar refractivity (Wildman–Crippen MR) is 49.8 cm³/mol. The number of hydrogen-bond donors (Lipinski definition) is 3. The summed E-state index contributed by atoms with van der Waals surface area (Å²) in [4.78, 5) is 10.7. The van der Waals surface area contributed by atoms with Crippen LogP contribution in [0.4, 0.5) is 0 Å². The van der Waals surface area contributed by atoms with Gasteiger partial charge in [0.1, 0.15) is 5.72 Å². The average molecular weight is 193 g/mol. The molecule has 74 valence electrons. The molecule has 0 radical (unpaired) electrons. The third-order valence-electron chi connectivity index (χ3n) is 2.59. The van der Waals surface area contributed by atoms with Crippen LogP contribution in [-0.4, -0.2) is 16.2 Å². The summed E-state index contributed by atoms with van der Waals surface area (Å²) >= 11 is 0. The molecule has 1 aromatic rings. The number of carboxylic acid groups (broad SMARTS) is 1. The molecule has 14 heavy (non-hydrogen) atoms. The number of nitrogens with two attached hydrogens (primary N) is 1. The molecule has 1 unspecified atom stereocenters. The van der Waals surface area contributed by atoms with Gasteiger partial charge in [-0.3, -0.25) is 5.73 Å². The number of aryl methyl sites for hydroxylation is 1. The van der Waals surface area contributed by atoms with Crippen LogP contribution in [0, 0.1) is 0 Å². The van der Waals surface area contributed by atoms with Gasteiger partial charge in [-0.2, -0.15) is 0 Å². The van der Waals surface area contributed by atoms with Crippen molar-refractivity contribution in [2.24, 2.45) is 5.73 Å². The van der Waals surface area contributed by atoms with E-state index in [0.717, 1.165) is 5.56 Å². The fourth-order valence-corrected chi connectivity index (χ4v) is 1.82. The second-order valence-electron chi connectivity index (χ2n) is 3.60. The largest absolute Gasteiger partial charge is 0.478 e. The second-order valence-corrected chi connectivity index (χ2v) is 3.60. The Hall–Kier alpha value is -1.39. The van der Waals surface area contributed by atoms with E-state index >= 15 is 0 Å². The molecular formula is C10H11NO3. The lowest BCUT2D eigenvalue weighted by Gasteiger charge is -2.17. The molecule has 4 heteroatoms. The molecule has 0 spiro atoms. The summed E-state index contributed by atoms with van der Waals surface area (Å²) in [7, 11) is 0. The summed E-state index contributed by atoms with van der Waals surface area (Å²) in [5, 5.41) is 18.5. The van der Waals surface area contributed by atoms with Crippen LogP contribution in [0.15, 0.2) is 18.2 Å². The molecule has 1 aromatic carbocycles. The molecule has 4 N–H and O–H groups in total. The molecule has 0 heterocycles. The average Bonchev–Trinajstić information content (AvgIpc) is 2.42. The van der Waals surface area contributed by atoms with Crippen molar-refractivity contribution < 1.29 is 15.0 Å². The van der Waals surface area contributed by atoms with Crippen LogP contribution in [-0.2, 0) is 12.1 Å². The summed E-state index contributed by atoms with van der Waals surface area (Å²) in [5.74, 6) is -0.958. The van der Waals surface area contributed by atoms with Crippen LogP contribution in [0.2, 0.25) is 0 Å². The van der Waals surface area contributed by atoms with E-state index < -0.39 is 11.7 Å². The summed E-state index contributed by atoms with van der Waals surface area (Å²) < 4.78 is 0. The Morgan fingerprint density at radius 1 is 1.50 bits per heavy atom. The highest BCUT2D eigenvalue weighted by Crippen LogP contribution is 2.32. The molecule has 0 aromatic heterocycles. The van der Waals surface area contributed by atoms with E-state index in [1.54, 1.807) is 12.1 Å². The Morgan fingerprint density at radius 2 is 2.21 bits per heavy atom. The van der Waals surface area contributed by atoms with Crippen molar-refractivity contribution in [2.45, 2.75) is 18.6 Å². The zero-order valence-corrected chi connectivity index (χ0v) is 7.53. The maximum Gasteiger partial charge on any atom is 0.335 e. The van der Waals surface area contributed by atoms with Gasteiger partial charge in [0, 0.05) is 5.56 Å². The third-order valence-corrected chi connectivity index (χ3v) is 2.59. The van der Waals surface area contributed by atoms with Gasteiger partial charge in [0.2, 0.25) is 0 Å². The molecule has 0 bridgehead atoms. The third kappa shape index (κ3) is 1.29. The van der Waals surface area contributed by atoms with E-state index in [0.29, 0.717) is 18.4 Å². The van der Waals surface area contributed by atoms with E-state index in [1.165, 1.54) is 6.07 Å². The first-order valence-electron chi connectivity index (χ1n) is 4.39. The van der Waals surface area contributed by atoms with Gasteiger partial charge >= 0.3 is 5.97 Å². The van der Waals surface area contributed by atoms with Gasteiger partial charge in [-0.25, -0.2) is 4.79 Å². The number of fused-ring (bicyclic) bond motifs is 1. The van der Waals surface area contributed by atoms with Gasteiger partial charge < -0.3 is 10.2 Å². The number of benzene rings is 1. The van der Waals surface area contributed by atoms with Gasteiger partial charge in [0.05, 0.1) is 5.56 Å². The first kappa shape index (κ1) is 9.18. The number of aromatic carboxylic acids is 1. The van der Waals surface area contributed by atoms with Crippen LogP contribution < -0.4 is 5.73 Å². The van der Waals surface area contributed by atoms with Gasteiger partial charge in [-0.1, -0.05) is 6.07 Å². The maximum atomic E-state index is 10.7. The highest BCUT2D eigenvalue weighted by molar-refractivity contribution is 5.88. The fourth-order valence-electron chi connectivity index (χ4n) is 1.82. The van der Waals surface area contributed by atoms with Gasteiger partial charge in [-0.15, -0.1) is 0 Å². The highest BCUT2D eigenvalue weighted by Gasteiger charge is 2.32. The predicted octanol–water partition coefficient (Wildman–Crippen LogP) is 0.435. The summed E-state index contributed by atoms with van der Waals surface area (Å²) in [5.41, 5.74) is 6.05. The summed E-state index contributed by atoms with van der Waals surface area (Å²) in [6.45, 7) is 0. The fraction of sp³-hybridized carbons (Fsp3) is 0.300. The number of hydrogen-bond acceptors (Lipinski definition) is 3. The minimum atomic E-state index is -1.29. The van der Waals surface area contributed by atoms with Crippen molar-refractivity contribution in [3.63, 3.8) is 0 Å². The Balaban J connectivity index is 2.49. The van der Waals surface area contributed by atoms with E-state index in [9.17, 15) is 9.90 Å². The lowest BCUT2D eigenvalue weighted by Crippen LogP contribution is -2.33. The number of carbonyl (C=O) groups is 1. The lowest BCUT2D eigenvalue weighted by molar-refractivity contribution is 0.0457. The molecule has 0 saturated heterocycles. The summed E-state index contributed by atoms with van der Waals surface area (Å²) in [6, 6.07) is 4.62. The van der Waals surface area contributed by atoms with E-state index in [1.807, 2.05) is 0 Å². The molecule has 2 rings (SSSR count). The molecule has 1 aliphatic carbocycles. The normalized spacial score (nSPS) is 24.7. The molecular weight excluding hydrogens is 182 g/mol. The zero-order chi connectivity index (χ0) is 10.3. The van der Waals surface area contributed by atoms with Crippen molar-refractivity contribution >= 4 is 5.97 Å². The first-order valence-corrected chi connectivity index (χ1v) is 4.39. The highest BCUT2D eigenvalue weighted by atomic mass is 16.4. The van der Waals surface area contributed by atoms with Crippen molar-refractivity contribution in [1.82, 2.24) is 0 Å². The van der Waals surface area contributed by atoms with Gasteiger partial charge in [0.25, 0.3) is 0 Å². The zero-order valence-electron chi connectivity index (χ0n) is 7.53. The van der Waals surface area contributed by atoms with Crippen LogP contribution in [0.25, 0.3) is 0 Å². The second kappa shape index (κ2) is 2.80. The first-order chi connectivity index (χ1) is 6.50. The Morgan fingerprint density at radius 3 is 2.86 bits per heavy atom. The van der Waals surface area contributed by atoms with Crippen molar-refractivity contribution in [1.29, 1.82) is 0 Å². The standard InChI is InChI=1S/C10H11NO3/c11-10(14)4-3-6-5-7(9(12)13)1-2-8(6)10/h1-2,5,14H,3-4,11H2,(H,12,13). The van der Waals surface area contributed by atoms with Crippen LogP contribution in [0.5, 0.6) is 0 Å². The molecule has 1 aliphatic rings. The quantitative estimate of drug-likeness (QED) is 0.565. The molecule has 0 amide bonds. The monoisotopic (exact) mass is 193 g/mol. The van der Waals surface area contributed by atoms with Crippen LogP contribution in [0.1, 0.15) is 27.9 Å². The van der Waals surface area contributed by atoms with E-state index in [-0.39, 0.29) is 5.56 Å². The Labute approximate surface area is 81.0 Å². The van der Waals surface area contributed by atoms with E-state index in [4.69, 9.17) is 10.8 Å². The number of carboxylic acids is 1. The maximum absolute atomic E-state index is 10.7. The smallest absolute Gasteiger partial charge is 0.335 e. The molecule has 0 fully saturated rings. The SMILES string of the molecule is NC1(O)CCc2cc(C(=O)O)ccc21. The van der Waals surface area contributed by atoms with Gasteiger partial charge in [0.15, 0.2) is 0 Å². The van der Waals surface area contributed by atoms with Crippen LogP contribution >= 0.6 is 0 Å². The Bertz CT molecular complexity index is 398. The van der Waals surface area contributed by atoms with Crippen molar-refractivity contribution in [3.8, 4) is 0 Å². The minimum absolute atomic E-state index is 0.237. The van der Waals surface area contributed by atoms with Crippen LogP contribution in [0.3, 0.4) is 0 Å². The Kier molecular flexibility index (Phi) is 1.83.